The largest absolute Gasteiger partial charge is 0.475 e. The second-order valence-electron chi connectivity index (χ2n) is 15.4. The van der Waals surface area contributed by atoms with Gasteiger partial charge >= 0.3 is 0 Å². The third kappa shape index (κ3) is 7.91. The summed E-state index contributed by atoms with van der Waals surface area (Å²) >= 11 is 6.57. The lowest BCUT2D eigenvalue weighted by atomic mass is 9.96. The Morgan fingerprint density at radius 1 is 0.932 bits per heavy atom. The van der Waals surface area contributed by atoms with Crippen LogP contribution in [-0.2, 0) is 21.4 Å². The second kappa shape index (κ2) is 16.3. The highest BCUT2D eigenvalue weighted by molar-refractivity contribution is 6.33. The van der Waals surface area contributed by atoms with Gasteiger partial charge in [0.05, 0.1) is 22.8 Å². The van der Waals surface area contributed by atoms with Gasteiger partial charge in [0.2, 0.25) is 17.8 Å². The normalized spacial score (nSPS) is 19.5. The van der Waals surface area contributed by atoms with Crippen molar-refractivity contribution < 1.29 is 28.7 Å². The molecule has 0 saturated carbocycles. The maximum absolute atomic E-state index is 13.3. The number of imide groups is 2. The highest BCUT2D eigenvalue weighted by Crippen LogP contribution is 2.33. The van der Waals surface area contributed by atoms with E-state index in [0.29, 0.717) is 33.9 Å². The maximum Gasteiger partial charge on any atom is 0.293 e. The van der Waals surface area contributed by atoms with Crippen LogP contribution in [-0.4, -0.2) is 119 Å². The number of nitrogens with zero attached hydrogens (tertiary/aromatic N) is 7. The lowest BCUT2D eigenvalue weighted by Crippen LogP contribution is -2.54. The van der Waals surface area contributed by atoms with E-state index >= 15 is 0 Å². The number of likely N-dealkylation sites (N-methyl/N-ethyl adjacent to an activating group) is 1. The Morgan fingerprint density at radius 3 is 2.41 bits per heavy atom. The van der Waals surface area contributed by atoms with E-state index in [-0.39, 0.29) is 41.2 Å². The van der Waals surface area contributed by atoms with Gasteiger partial charge in [-0.2, -0.15) is 4.98 Å². The van der Waals surface area contributed by atoms with Crippen molar-refractivity contribution in [2.75, 3.05) is 68.0 Å². The van der Waals surface area contributed by atoms with Gasteiger partial charge in [-0.25, -0.2) is 4.98 Å². The minimum absolute atomic E-state index is 0.0671. The van der Waals surface area contributed by atoms with E-state index in [1.54, 1.807) is 38.4 Å². The minimum atomic E-state index is -0.987. The monoisotopic (exact) mass is 824 g/mol. The fraction of sp³-hybridized carbons (Fsp3) is 0.415. The highest BCUT2D eigenvalue weighted by Gasteiger charge is 2.45. The van der Waals surface area contributed by atoms with Gasteiger partial charge in [-0.1, -0.05) is 11.6 Å². The first-order valence-corrected chi connectivity index (χ1v) is 20.2. The summed E-state index contributed by atoms with van der Waals surface area (Å²) in [4.78, 5) is 92.7. The molecular formula is C41H45ClN10O7. The molecule has 3 fully saturated rings. The molecule has 6 heterocycles. The van der Waals surface area contributed by atoms with Crippen molar-refractivity contribution in [2.45, 2.75) is 44.8 Å². The standard InChI is InChI=1S/C41H45ClN10O7/c1-23(36(54)43-2)59-33-19-25-18-26(4-7-31(25)48(3)40(33)58)45-35-30(42)21-44-41(47-35)51-12-10-24(11-13-51)22-49-14-16-50(17-15-49)27-5-6-28-29(20-27)39(57)52(38(28)56)32-8-9-34(53)46-37(32)55/h4-7,18-21,23-24,32H,8-17,22H2,1-3H3,(H,43,54)(H,44,45,47)(H,46,53,55)/t23-,32-/m1/s1. The predicted octanol–water partition coefficient (Wildman–Crippen LogP) is 2.68. The number of fused-ring (bicyclic) bond motifs is 2. The fourth-order valence-electron chi connectivity index (χ4n) is 8.32. The van der Waals surface area contributed by atoms with Crippen LogP contribution in [0.15, 0.2) is 53.5 Å². The molecule has 4 aliphatic heterocycles. The number of hydrogen-bond donors (Lipinski definition) is 3. The average Bonchev–Trinajstić information content (AvgIpc) is 3.48. The molecule has 5 amide bonds. The topological polar surface area (TPSA) is 191 Å². The Hall–Kier alpha value is -6.07. The van der Waals surface area contributed by atoms with E-state index in [0.717, 1.165) is 74.6 Å². The Labute approximate surface area is 344 Å². The molecule has 2 atom stereocenters. The predicted molar refractivity (Wildman–Crippen MR) is 220 cm³/mol. The molecule has 4 aromatic rings. The zero-order valence-corrected chi connectivity index (χ0v) is 33.8. The summed E-state index contributed by atoms with van der Waals surface area (Å²) in [6.45, 7) is 7.40. The number of hydrogen-bond acceptors (Lipinski definition) is 13. The molecule has 2 aromatic heterocycles. The number of pyridine rings is 1. The number of aryl methyl sites for hydroxylation is 1. The van der Waals surface area contributed by atoms with Crippen molar-refractivity contribution in [3.8, 4) is 5.75 Å². The first-order valence-electron chi connectivity index (χ1n) is 19.8. The van der Waals surface area contributed by atoms with Crippen LogP contribution in [0.25, 0.3) is 10.9 Å². The number of piperazine rings is 1. The molecule has 4 aliphatic rings. The van der Waals surface area contributed by atoms with Crippen molar-refractivity contribution in [1.29, 1.82) is 0 Å². The lowest BCUT2D eigenvalue weighted by Gasteiger charge is -2.39. The fourth-order valence-corrected chi connectivity index (χ4v) is 8.46. The van der Waals surface area contributed by atoms with E-state index in [9.17, 15) is 28.8 Å². The molecule has 0 spiro atoms. The van der Waals surface area contributed by atoms with Gasteiger partial charge in [-0.3, -0.25) is 43.9 Å². The SMILES string of the molecule is CNC(=O)[C@@H](C)Oc1cc2cc(Nc3nc(N4CCC(CN5CCN(c6ccc7c(c6)C(=O)N([C@@H]6CCC(=O)NC6=O)C7=O)CC5)CC4)ncc3Cl)ccc2n(C)c1=O. The number of halogens is 1. The quantitative estimate of drug-likeness (QED) is 0.198. The Kier molecular flexibility index (Phi) is 11.0. The summed E-state index contributed by atoms with van der Waals surface area (Å²) in [5.41, 5.74) is 2.47. The summed E-state index contributed by atoms with van der Waals surface area (Å²) in [5.74, 6) is -0.750. The number of rotatable bonds is 10. The zero-order valence-electron chi connectivity index (χ0n) is 33.0. The highest BCUT2D eigenvalue weighted by atomic mass is 35.5. The van der Waals surface area contributed by atoms with Crippen LogP contribution in [0.4, 0.5) is 23.1 Å². The van der Waals surface area contributed by atoms with Crippen molar-refractivity contribution in [3.63, 3.8) is 0 Å². The summed E-state index contributed by atoms with van der Waals surface area (Å²) < 4.78 is 7.19. The first kappa shape index (κ1) is 39.7. The summed E-state index contributed by atoms with van der Waals surface area (Å²) in [5, 5.41) is 9.16. The smallest absolute Gasteiger partial charge is 0.293 e. The van der Waals surface area contributed by atoms with Crippen molar-refractivity contribution >= 4 is 75.2 Å². The number of benzene rings is 2. The van der Waals surface area contributed by atoms with Gasteiger partial charge in [0.15, 0.2) is 17.7 Å². The number of nitrogens with one attached hydrogen (secondary N) is 3. The number of amides is 5. The van der Waals surface area contributed by atoms with Crippen molar-refractivity contribution in [1.82, 2.24) is 35.0 Å². The molecule has 18 heteroatoms. The molecule has 17 nitrogen and oxygen atoms in total. The van der Waals surface area contributed by atoms with Gasteiger partial charge in [0.25, 0.3) is 23.3 Å². The molecule has 3 N–H and O–H groups in total. The third-order valence-electron chi connectivity index (χ3n) is 11.7. The molecule has 308 valence electrons. The zero-order chi connectivity index (χ0) is 41.5. The molecule has 8 rings (SSSR count). The van der Waals surface area contributed by atoms with Crippen LogP contribution in [0, 0.1) is 5.92 Å². The van der Waals surface area contributed by atoms with Gasteiger partial charge < -0.3 is 29.7 Å². The maximum atomic E-state index is 13.3. The summed E-state index contributed by atoms with van der Waals surface area (Å²) in [6, 6.07) is 11.4. The number of piperidine rings is 2. The Balaban J connectivity index is 0.846. The van der Waals surface area contributed by atoms with Crippen LogP contribution in [0.5, 0.6) is 5.75 Å². The van der Waals surface area contributed by atoms with Crippen LogP contribution < -0.4 is 36.0 Å². The number of aromatic nitrogens is 3. The summed E-state index contributed by atoms with van der Waals surface area (Å²) in [7, 11) is 3.16. The first-order chi connectivity index (χ1) is 28.4. The summed E-state index contributed by atoms with van der Waals surface area (Å²) in [6.07, 6.45) is 2.91. The molecule has 59 heavy (non-hydrogen) atoms. The van der Waals surface area contributed by atoms with Crippen molar-refractivity contribution in [3.05, 3.63) is 75.2 Å². The number of ether oxygens (including phenoxy) is 1. The number of carbonyl (C=O) groups is 5. The van der Waals surface area contributed by atoms with Gasteiger partial charge in [0, 0.05) is 83.1 Å². The molecule has 3 saturated heterocycles. The third-order valence-corrected chi connectivity index (χ3v) is 12.0. The molecule has 0 unspecified atom stereocenters. The van der Waals surface area contributed by atoms with Crippen LogP contribution in [0.1, 0.15) is 53.3 Å². The van der Waals surface area contributed by atoms with Gasteiger partial charge in [-0.15, -0.1) is 0 Å². The second-order valence-corrected chi connectivity index (χ2v) is 15.8. The van der Waals surface area contributed by atoms with Crippen LogP contribution >= 0.6 is 11.6 Å². The Bertz CT molecular complexity index is 2430. The molecular weight excluding hydrogens is 780 g/mol. The van der Waals surface area contributed by atoms with E-state index in [4.69, 9.17) is 21.3 Å². The van der Waals surface area contributed by atoms with Crippen LogP contribution in [0.3, 0.4) is 0 Å². The minimum Gasteiger partial charge on any atom is -0.475 e. The lowest BCUT2D eigenvalue weighted by molar-refractivity contribution is -0.136. The number of carbonyl (C=O) groups excluding carboxylic acids is 5. The molecule has 0 radical (unpaired) electrons. The van der Waals surface area contributed by atoms with E-state index in [1.165, 1.54) is 11.6 Å². The molecule has 0 bridgehead atoms. The van der Waals surface area contributed by atoms with E-state index in [2.05, 4.69) is 35.6 Å². The van der Waals surface area contributed by atoms with E-state index < -0.39 is 35.8 Å². The average molecular weight is 825 g/mol. The van der Waals surface area contributed by atoms with Gasteiger partial charge in [0.1, 0.15) is 11.1 Å². The number of anilines is 4. The van der Waals surface area contributed by atoms with Crippen LogP contribution in [0.2, 0.25) is 5.02 Å². The van der Waals surface area contributed by atoms with Crippen molar-refractivity contribution in [2.24, 2.45) is 13.0 Å². The Morgan fingerprint density at radius 2 is 1.68 bits per heavy atom. The molecule has 2 aromatic carbocycles. The van der Waals surface area contributed by atoms with Gasteiger partial charge in [-0.05, 0) is 74.6 Å². The van der Waals surface area contributed by atoms with E-state index in [1.807, 2.05) is 24.3 Å². The molecule has 0 aliphatic carbocycles.